The Labute approximate surface area is 89.2 Å². The lowest BCUT2D eigenvalue weighted by molar-refractivity contribution is 0.241. The van der Waals surface area contributed by atoms with Gasteiger partial charge in [-0.15, -0.1) is 0 Å². The van der Waals surface area contributed by atoms with E-state index in [-0.39, 0.29) is 0 Å². The fraction of sp³-hybridized carbons (Fsp3) is 0.833. The van der Waals surface area contributed by atoms with Gasteiger partial charge in [0.2, 0.25) is 0 Å². The van der Waals surface area contributed by atoms with Gasteiger partial charge >= 0.3 is 0 Å². The van der Waals surface area contributed by atoms with E-state index in [9.17, 15) is 0 Å². The number of hydrogen-bond donors (Lipinski definition) is 1. The van der Waals surface area contributed by atoms with Gasteiger partial charge in [-0.05, 0) is 11.8 Å². The van der Waals surface area contributed by atoms with E-state index in [2.05, 4.69) is 38.7 Å². The molecule has 0 radical (unpaired) electrons. The third kappa shape index (κ3) is 8.27. The molecule has 0 aromatic rings. The first kappa shape index (κ1) is 13.7. The van der Waals surface area contributed by atoms with Crippen LogP contribution in [0, 0.1) is 11.8 Å². The van der Waals surface area contributed by atoms with Crippen LogP contribution in [0.4, 0.5) is 0 Å². The van der Waals surface area contributed by atoms with Crippen LogP contribution in [0.3, 0.4) is 0 Å². The second-order valence-electron chi connectivity index (χ2n) is 4.71. The summed E-state index contributed by atoms with van der Waals surface area (Å²) in [5.74, 6) is 1.47. The Hall–Kier alpha value is -0.340. The molecular weight excluding hydrogens is 172 g/mol. The molecule has 0 atom stereocenters. The molecule has 0 aliphatic carbocycles. The average molecular weight is 198 g/mol. The quantitative estimate of drug-likeness (QED) is 0.635. The second-order valence-corrected chi connectivity index (χ2v) is 4.71. The summed E-state index contributed by atoms with van der Waals surface area (Å²) in [4.78, 5) is 2.49. The van der Waals surface area contributed by atoms with Gasteiger partial charge in [0, 0.05) is 26.2 Å². The maximum absolute atomic E-state index is 5.41. The lowest BCUT2D eigenvalue weighted by Crippen LogP contribution is -2.31. The molecule has 0 saturated heterocycles. The van der Waals surface area contributed by atoms with Crippen molar-refractivity contribution in [2.24, 2.45) is 17.6 Å². The summed E-state index contributed by atoms with van der Waals surface area (Å²) in [6.07, 6.45) is 4.21. The third-order valence-corrected chi connectivity index (χ3v) is 1.91. The zero-order valence-corrected chi connectivity index (χ0v) is 10.2. The molecule has 0 amide bonds. The maximum atomic E-state index is 5.41. The summed E-state index contributed by atoms with van der Waals surface area (Å²) in [5, 5.41) is 0. The maximum Gasteiger partial charge on any atom is 0.0163 e. The Balaban J connectivity index is 3.90. The first-order valence-electron chi connectivity index (χ1n) is 5.63. The van der Waals surface area contributed by atoms with Gasteiger partial charge in [0.25, 0.3) is 0 Å². The summed E-state index contributed by atoms with van der Waals surface area (Å²) in [6, 6.07) is 0. The molecule has 0 saturated carbocycles. The van der Waals surface area contributed by atoms with Gasteiger partial charge in [0.05, 0.1) is 0 Å². The lowest BCUT2D eigenvalue weighted by Gasteiger charge is -2.24. The fourth-order valence-corrected chi connectivity index (χ4v) is 1.58. The van der Waals surface area contributed by atoms with Crippen LogP contribution in [0.1, 0.15) is 27.7 Å². The molecule has 0 aromatic carbocycles. The smallest absolute Gasteiger partial charge is 0.0163 e. The number of rotatable bonds is 7. The number of hydrogen-bond acceptors (Lipinski definition) is 2. The van der Waals surface area contributed by atoms with Gasteiger partial charge in [0.1, 0.15) is 0 Å². The highest BCUT2D eigenvalue weighted by Crippen LogP contribution is 2.03. The van der Waals surface area contributed by atoms with Gasteiger partial charge in [-0.1, -0.05) is 39.8 Å². The van der Waals surface area contributed by atoms with Gasteiger partial charge in [-0.2, -0.15) is 0 Å². The molecule has 0 fully saturated rings. The van der Waals surface area contributed by atoms with Crippen molar-refractivity contribution in [2.45, 2.75) is 27.7 Å². The van der Waals surface area contributed by atoms with Crippen molar-refractivity contribution in [3.63, 3.8) is 0 Å². The minimum Gasteiger partial charge on any atom is -0.327 e. The summed E-state index contributed by atoms with van der Waals surface area (Å²) < 4.78 is 0. The van der Waals surface area contributed by atoms with Crippen molar-refractivity contribution in [1.29, 1.82) is 0 Å². The topological polar surface area (TPSA) is 29.3 Å². The molecule has 2 heteroatoms. The zero-order chi connectivity index (χ0) is 11.0. The highest BCUT2D eigenvalue weighted by Gasteiger charge is 2.07. The van der Waals surface area contributed by atoms with Crippen LogP contribution in [-0.2, 0) is 0 Å². The molecule has 0 bridgehead atoms. The van der Waals surface area contributed by atoms with Crippen molar-refractivity contribution in [2.75, 3.05) is 26.2 Å². The first-order chi connectivity index (χ1) is 6.56. The molecule has 2 N–H and O–H groups in total. The van der Waals surface area contributed by atoms with Crippen LogP contribution in [0.25, 0.3) is 0 Å². The van der Waals surface area contributed by atoms with Crippen LogP contribution in [0.2, 0.25) is 0 Å². The Bertz CT molecular complexity index is 140. The highest BCUT2D eigenvalue weighted by molar-refractivity contribution is 4.86. The Morgan fingerprint density at radius 1 is 1.00 bits per heavy atom. The Morgan fingerprint density at radius 3 is 1.86 bits per heavy atom. The summed E-state index contributed by atoms with van der Waals surface area (Å²) in [5.41, 5.74) is 5.41. The lowest BCUT2D eigenvalue weighted by atomic mass is 10.1. The predicted molar refractivity (Wildman–Crippen MR) is 64.3 cm³/mol. The minimum atomic E-state index is 0.650. The van der Waals surface area contributed by atoms with Crippen molar-refractivity contribution in [1.82, 2.24) is 4.90 Å². The predicted octanol–water partition coefficient (Wildman–Crippen LogP) is 2.12. The average Bonchev–Trinajstić information content (AvgIpc) is 2.02. The largest absolute Gasteiger partial charge is 0.327 e. The van der Waals surface area contributed by atoms with E-state index in [0.717, 1.165) is 18.4 Å². The first-order valence-corrected chi connectivity index (χ1v) is 5.63. The molecule has 14 heavy (non-hydrogen) atoms. The molecule has 2 nitrogen and oxygen atoms in total. The monoisotopic (exact) mass is 198 g/mol. The van der Waals surface area contributed by atoms with E-state index < -0.39 is 0 Å². The van der Waals surface area contributed by atoms with Gasteiger partial charge in [0.15, 0.2) is 0 Å². The van der Waals surface area contributed by atoms with Gasteiger partial charge in [-0.3, -0.25) is 4.90 Å². The van der Waals surface area contributed by atoms with E-state index in [4.69, 9.17) is 5.73 Å². The standard InChI is InChI=1S/C12H26N2/c1-11(2)9-14(10-12(3)4)8-6-5-7-13/h5-6,11-12H,7-10,13H2,1-4H3. The summed E-state index contributed by atoms with van der Waals surface area (Å²) in [6.45, 7) is 13.1. The zero-order valence-electron chi connectivity index (χ0n) is 10.2. The Morgan fingerprint density at radius 2 is 1.50 bits per heavy atom. The molecule has 0 aliphatic heterocycles. The van der Waals surface area contributed by atoms with Crippen LogP contribution < -0.4 is 5.73 Å². The minimum absolute atomic E-state index is 0.650. The van der Waals surface area contributed by atoms with Crippen molar-refractivity contribution >= 4 is 0 Å². The van der Waals surface area contributed by atoms with E-state index in [1.54, 1.807) is 0 Å². The van der Waals surface area contributed by atoms with Crippen molar-refractivity contribution in [3.8, 4) is 0 Å². The molecule has 84 valence electrons. The Kier molecular flexibility index (Phi) is 7.81. The molecule has 0 aromatic heterocycles. The SMILES string of the molecule is CC(C)CN(CC=CCN)CC(C)C. The van der Waals surface area contributed by atoms with E-state index in [1.165, 1.54) is 13.1 Å². The molecular formula is C12H26N2. The van der Waals surface area contributed by atoms with E-state index >= 15 is 0 Å². The van der Waals surface area contributed by atoms with Gasteiger partial charge in [-0.25, -0.2) is 0 Å². The van der Waals surface area contributed by atoms with Gasteiger partial charge < -0.3 is 5.73 Å². The second kappa shape index (κ2) is 8.01. The summed E-state index contributed by atoms with van der Waals surface area (Å²) in [7, 11) is 0. The van der Waals surface area contributed by atoms with Crippen LogP contribution in [-0.4, -0.2) is 31.1 Å². The molecule has 0 spiro atoms. The molecule has 0 rings (SSSR count). The molecule has 0 heterocycles. The normalized spacial score (nSPS) is 12.6. The van der Waals surface area contributed by atoms with Crippen molar-refractivity contribution < 1.29 is 0 Å². The van der Waals surface area contributed by atoms with Crippen LogP contribution in [0.15, 0.2) is 12.2 Å². The summed E-state index contributed by atoms with van der Waals surface area (Å²) >= 11 is 0. The van der Waals surface area contributed by atoms with E-state index in [1.807, 2.05) is 6.08 Å². The van der Waals surface area contributed by atoms with Crippen LogP contribution in [0.5, 0.6) is 0 Å². The van der Waals surface area contributed by atoms with E-state index in [0.29, 0.717) is 6.54 Å². The fourth-order valence-electron chi connectivity index (χ4n) is 1.58. The van der Waals surface area contributed by atoms with Crippen LogP contribution >= 0.6 is 0 Å². The molecule has 0 aliphatic rings. The number of nitrogens with two attached hydrogens (primary N) is 1. The number of nitrogens with zero attached hydrogens (tertiary/aromatic N) is 1. The third-order valence-electron chi connectivity index (χ3n) is 1.91. The van der Waals surface area contributed by atoms with Crippen molar-refractivity contribution in [3.05, 3.63) is 12.2 Å². The molecule has 0 unspecified atom stereocenters. The highest BCUT2D eigenvalue weighted by atomic mass is 15.1.